The van der Waals surface area contributed by atoms with Crippen LogP contribution in [0.3, 0.4) is 0 Å². The van der Waals surface area contributed by atoms with Crippen LogP contribution < -0.4 is 5.32 Å². The highest BCUT2D eigenvalue weighted by Gasteiger charge is 2.24. The van der Waals surface area contributed by atoms with Gasteiger partial charge in [0.2, 0.25) is 0 Å². The molecule has 0 fully saturated rings. The second-order valence-electron chi connectivity index (χ2n) is 5.40. The van der Waals surface area contributed by atoms with Crippen LogP contribution in [0.25, 0.3) is 0 Å². The molecule has 1 unspecified atom stereocenters. The predicted molar refractivity (Wildman–Crippen MR) is 89.4 cm³/mol. The summed E-state index contributed by atoms with van der Waals surface area (Å²) < 4.78 is 55.5. The first kappa shape index (κ1) is 19.5. The van der Waals surface area contributed by atoms with Crippen LogP contribution in [0.2, 0.25) is 0 Å². The quantitative estimate of drug-likeness (QED) is 0.802. The van der Waals surface area contributed by atoms with E-state index in [0.29, 0.717) is 0 Å². The molecule has 1 N–H and O–H groups in total. The SMILES string of the molecule is CC(OC(=O)c1ccccc1S(C)(=O)=O)C(=O)Nc1c(F)cccc1F. The Morgan fingerprint density at radius 2 is 1.62 bits per heavy atom. The first-order valence-corrected chi connectivity index (χ1v) is 9.25. The summed E-state index contributed by atoms with van der Waals surface area (Å²) in [6.07, 6.45) is -0.495. The molecule has 0 aliphatic carbocycles. The summed E-state index contributed by atoms with van der Waals surface area (Å²) in [5.41, 5.74) is -0.913. The van der Waals surface area contributed by atoms with Gasteiger partial charge in [0, 0.05) is 6.26 Å². The molecule has 1 amide bonds. The van der Waals surface area contributed by atoms with E-state index >= 15 is 0 Å². The van der Waals surface area contributed by atoms with Crippen LogP contribution in [-0.2, 0) is 19.4 Å². The highest BCUT2D eigenvalue weighted by Crippen LogP contribution is 2.20. The predicted octanol–water partition coefficient (Wildman–Crippen LogP) is 2.55. The fourth-order valence-corrected chi connectivity index (χ4v) is 2.95. The Hall–Kier alpha value is -2.81. The third-order valence-corrected chi connectivity index (χ3v) is 4.53. The van der Waals surface area contributed by atoms with Crippen LogP contribution in [-0.4, -0.2) is 32.7 Å². The normalized spacial score (nSPS) is 12.3. The maximum atomic E-state index is 13.6. The lowest BCUT2D eigenvalue weighted by Crippen LogP contribution is -2.31. The highest BCUT2D eigenvalue weighted by atomic mass is 32.2. The number of halogens is 2. The van der Waals surface area contributed by atoms with Crippen LogP contribution in [0.15, 0.2) is 47.4 Å². The maximum Gasteiger partial charge on any atom is 0.340 e. The number of amides is 1. The Morgan fingerprint density at radius 1 is 1.04 bits per heavy atom. The molecule has 0 saturated heterocycles. The van der Waals surface area contributed by atoms with E-state index in [2.05, 4.69) is 0 Å². The van der Waals surface area contributed by atoms with E-state index in [1.807, 2.05) is 5.32 Å². The van der Waals surface area contributed by atoms with E-state index in [4.69, 9.17) is 4.74 Å². The van der Waals surface area contributed by atoms with Crippen molar-refractivity contribution < 1.29 is 31.5 Å². The molecule has 26 heavy (non-hydrogen) atoms. The third-order valence-electron chi connectivity index (χ3n) is 3.37. The number of hydrogen-bond donors (Lipinski definition) is 1. The zero-order valence-corrected chi connectivity index (χ0v) is 14.6. The number of rotatable bonds is 5. The van der Waals surface area contributed by atoms with E-state index in [9.17, 15) is 26.8 Å². The number of sulfone groups is 1. The number of hydrogen-bond acceptors (Lipinski definition) is 5. The Morgan fingerprint density at radius 3 is 2.19 bits per heavy atom. The molecule has 0 aromatic heterocycles. The Balaban J connectivity index is 2.16. The second-order valence-corrected chi connectivity index (χ2v) is 7.39. The van der Waals surface area contributed by atoms with E-state index in [1.54, 1.807) is 0 Å². The monoisotopic (exact) mass is 383 g/mol. The van der Waals surface area contributed by atoms with Gasteiger partial charge in [-0.2, -0.15) is 0 Å². The van der Waals surface area contributed by atoms with Crippen molar-refractivity contribution in [3.8, 4) is 0 Å². The van der Waals surface area contributed by atoms with Crippen LogP contribution in [0.5, 0.6) is 0 Å². The van der Waals surface area contributed by atoms with Crippen molar-refractivity contribution >= 4 is 27.4 Å². The van der Waals surface area contributed by atoms with Gasteiger partial charge >= 0.3 is 5.97 Å². The third kappa shape index (κ3) is 4.42. The standard InChI is InChI=1S/C17H15F2NO5S/c1-10(16(21)20-15-12(18)7-5-8-13(15)19)25-17(22)11-6-3-4-9-14(11)26(2,23)24/h3-10H,1-2H3,(H,20,21). The van der Waals surface area contributed by atoms with Gasteiger partial charge in [0.1, 0.15) is 17.3 Å². The molecular weight excluding hydrogens is 368 g/mol. The molecule has 2 rings (SSSR count). The zero-order chi connectivity index (χ0) is 19.5. The van der Waals surface area contributed by atoms with Crippen molar-refractivity contribution in [2.75, 3.05) is 11.6 Å². The largest absolute Gasteiger partial charge is 0.449 e. The van der Waals surface area contributed by atoms with Crippen LogP contribution in [0, 0.1) is 11.6 Å². The first-order valence-electron chi connectivity index (χ1n) is 7.36. The maximum absolute atomic E-state index is 13.6. The molecule has 138 valence electrons. The Kier molecular flexibility index (Phi) is 5.71. The van der Waals surface area contributed by atoms with Crippen molar-refractivity contribution in [1.82, 2.24) is 0 Å². The second kappa shape index (κ2) is 7.61. The number of esters is 1. The number of para-hydroxylation sites is 1. The first-order chi connectivity index (χ1) is 12.1. The van der Waals surface area contributed by atoms with Crippen molar-refractivity contribution in [3.63, 3.8) is 0 Å². The molecule has 0 heterocycles. The summed E-state index contributed by atoms with van der Waals surface area (Å²) in [5, 5.41) is 2.00. The van der Waals surface area contributed by atoms with E-state index in [1.165, 1.54) is 31.2 Å². The fraction of sp³-hybridized carbons (Fsp3) is 0.176. The fourth-order valence-electron chi connectivity index (χ4n) is 2.08. The molecule has 0 bridgehead atoms. The molecule has 0 aliphatic heterocycles. The van der Waals surface area contributed by atoms with Gasteiger partial charge in [-0.1, -0.05) is 18.2 Å². The highest BCUT2D eigenvalue weighted by molar-refractivity contribution is 7.90. The van der Waals surface area contributed by atoms with Gasteiger partial charge in [0.05, 0.1) is 10.5 Å². The van der Waals surface area contributed by atoms with Crippen LogP contribution in [0.4, 0.5) is 14.5 Å². The summed E-state index contributed by atoms with van der Waals surface area (Å²) in [6, 6.07) is 8.38. The lowest BCUT2D eigenvalue weighted by molar-refractivity contribution is -0.123. The van der Waals surface area contributed by atoms with Crippen LogP contribution in [0.1, 0.15) is 17.3 Å². The van der Waals surface area contributed by atoms with Gasteiger partial charge in [0.15, 0.2) is 15.9 Å². The molecule has 2 aromatic carbocycles. The van der Waals surface area contributed by atoms with Gasteiger partial charge in [-0.3, -0.25) is 4.79 Å². The summed E-state index contributed by atoms with van der Waals surface area (Å²) in [4.78, 5) is 24.0. The number of carbonyl (C=O) groups is 2. The van der Waals surface area contributed by atoms with Gasteiger partial charge < -0.3 is 10.1 Å². The lowest BCUT2D eigenvalue weighted by atomic mass is 10.2. The van der Waals surface area contributed by atoms with Gasteiger partial charge in [-0.15, -0.1) is 0 Å². The summed E-state index contributed by atoms with van der Waals surface area (Å²) in [5.74, 6) is -4.00. The summed E-state index contributed by atoms with van der Waals surface area (Å²) >= 11 is 0. The minimum atomic E-state index is -3.69. The van der Waals surface area contributed by atoms with Crippen molar-refractivity contribution in [3.05, 3.63) is 59.7 Å². The molecule has 0 aliphatic rings. The van der Waals surface area contributed by atoms with Crippen molar-refractivity contribution in [1.29, 1.82) is 0 Å². The molecule has 1 atom stereocenters. The van der Waals surface area contributed by atoms with Crippen molar-refractivity contribution in [2.24, 2.45) is 0 Å². The zero-order valence-electron chi connectivity index (χ0n) is 13.8. The molecular formula is C17H15F2NO5S. The minimum Gasteiger partial charge on any atom is -0.449 e. The Labute approximate surface area is 148 Å². The van der Waals surface area contributed by atoms with Gasteiger partial charge in [0.25, 0.3) is 5.91 Å². The lowest BCUT2D eigenvalue weighted by Gasteiger charge is -2.15. The Bertz CT molecular complexity index is 939. The van der Waals surface area contributed by atoms with E-state index < -0.39 is 45.1 Å². The molecule has 6 nitrogen and oxygen atoms in total. The smallest absolute Gasteiger partial charge is 0.340 e. The topological polar surface area (TPSA) is 89.5 Å². The number of ether oxygens (including phenoxy) is 1. The summed E-state index contributed by atoms with van der Waals surface area (Å²) in [7, 11) is -3.69. The number of benzene rings is 2. The molecule has 0 radical (unpaired) electrons. The van der Waals surface area contributed by atoms with Crippen molar-refractivity contribution in [2.45, 2.75) is 17.9 Å². The summed E-state index contributed by atoms with van der Waals surface area (Å²) in [6.45, 7) is 1.19. The molecule has 0 saturated carbocycles. The number of anilines is 1. The van der Waals surface area contributed by atoms with Gasteiger partial charge in [-0.25, -0.2) is 22.0 Å². The van der Waals surface area contributed by atoms with Crippen LogP contribution >= 0.6 is 0 Å². The number of carbonyl (C=O) groups excluding carboxylic acids is 2. The number of nitrogens with one attached hydrogen (secondary N) is 1. The van der Waals surface area contributed by atoms with E-state index in [-0.39, 0.29) is 10.5 Å². The molecule has 9 heteroatoms. The van der Waals surface area contributed by atoms with E-state index in [0.717, 1.165) is 24.5 Å². The molecule has 2 aromatic rings. The average Bonchev–Trinajstić information content (AvgIpc) is 2.57. The molecule has 0 spiro atoms. The minimum absolute atomic E-state index is 0.244. The average molecular weight is 383 g/mol. The van der Waals surface area contributed by atoms with Gasteiger partial charge in [-0.05, 0) is 31.2 Å².